The Morgan fingerprint density at radius 2 is 2.26 bits per heavy atom. The van der Waals surface area contributed by atoms with E-state index >= 15 is 0 Å². The van der Waals surface area contributed by atoms with Crippen LogP contribution in [-0.2, 0) is 17.8 Å². The first kappa shape index (κ1) is 11.8. The molecule has 1 aromatic carbocycles. The number of carbonyl (C=O) groups excluding carboxylic acids is 1. The van der Waals surface area contributed by atoms with Gasteiger partial charge in [-0.05, 0) is 36.2 Å². The Bertz CT molecular complexity index is 608. The normalized spacial score (nSPS) is 13.8. The molecule has 0 spiro atoms. The van der Waals surface area contributed by atoms with Gasteiger partial charge in [-0.2, -0.15) is 0 Å². The molecule has 98 valence electrons. The van der Waals surface area contributed by atoms with Crippen molar-refractivity contribution in [2.45, 2.75) is 19.4 Å². The Kier molecular flexibility index (Phi) is 2.95. The van der Waals surface area contributed by atoms with Crippen LogP contribution in [0.25, 0.3) is 0 Å². The van der Waals surface area contributed by atoms with Gasteiger partial charge in [0.2, 0.25) is 5.91 Å². The van der Waals surface area contributed by atoms with Crippen molar-refractivity contribution in [3.8, 4) is 0 Å². The molecule has 2 heterocycles. The van der Waals surface area contributed by atoms with Crippen LogP contribution in [0.1, 0.15) is 17.7 Å². The summed E-state index contributed by atoms with van der Waals surface area (Å²) in [6, 6.07) is 6.69. The van der Waals surface area contributed by atoms with Crippen molar-refractivity contribution in [1.82, 2.24) is 0 Å². The van der Waals surface area contributed by atoms with E-state index in [-0.39, 0.29) is 11.7 Å². The summed E-state index contributed by atoms with van der Waals surface area (Å²) in [5.74, 6) is 0.374. The van der Waals surface area contributed by atoms with Crippen LogP contribution in [0.15, 0.2) is 34.9 Å². The standard InChI is InChI=1S/C14H13FN2O2/c15-11-6-9-3-4-14(18)17-12(9)7-13(11)16-8-10-2-1-5-19-10/h1-2,5-7,16H,3-4,8H2,(H,17,18). The molecule has 1 aromatic heterocycles. The van der Waals surface area contributed by atoms with Crippen LogP contribution < -0.4 is 10.6 Å². The quantitative estimate of drug-likeness (QED) is 0.892. The first-order chi connectivity index (χ1) is 9.22. The molecule has 4 nitrogen and oxygen atoms in total. The number of rotatable bonds is 3. The number of amides is 1. The third-order valence-corrected chi connectivity index (χ3v) is 3.12. The second-order valence-electron chi connectivity index (χ2n) is 4.47. The molecule has 0 fully saturated rings. The molecule has 19 heavy (non-hydrogen) atoms. The lowest BCUT2D eigenvalue weighted by Crippen LogP contribution is -2.19. The van der Waals surface area contributed by atoms with E-state index in [1.54, 1.807) is 18.4 Å². The minimum atomic E-state index is -0.318. The lowest BCUT2D eigenvalue weighted by atomic mass is 10.0. The molecule has 2 aromatic rings. The molecule has 0 radical (unpaired) electrons. The van der Waals surface area contributed by atoms with Crippen molar-refractivity contribution in [2.24, 2.45) is 0 Å². The topological polar surface area (TPSA) is 54.3 Å². The summed E-state index contributed by atoms with van der Waals surface area (Å²) in [7, 11) is 0. The number of benzene rings is 1. The Morgan fingerprint density at radius 3 is 3.05 bits per heavy atom. The molecular formula is C14H13FN2O2. The Labute approximate surface area is 109 Å². The number of aryl methyl sites for hydroxylation is 1. The summed E-state index contributed by atoms with van der Waals surface area (Å²) < 4.78 is 19.1. The summed E-state index contributed by atoms with van der Waals surface area (Å²) >= 11 is 0. The summed E-state index contributed by atoms with van der Waals surface area (Å²) in [4.78, 5) is 11.3. The zero-order chi connectivity index (χ0) is 13.2. The number of anilines is 2. The highest BCUT2D eigenvalue weighted by Crippen LogP contribution is 2.28. The highest BCUT2D eigenvalue weighted by atomic mass is 19.1. The predicted molar refractivity (Wildman–Crippen MR) is 69.4 cm³/mol. The van der Waals surface area contributed by atoms with Crippen LogP contribution in [0.3, 0.4) is 0 Å². The average Bonchev–Trinajstić information content (AvgIpc) is 2.90. The highest BCUT2D eigenvalue weighted by Gasteiger charge is 2.17. The zero-order valence-corrected chi connectivity index (χ0v) is 10.2. The first-order valence-corrected chi connectivity index (χ1v) is 6.11. The maximum atomic E-state index is 13.9. The molecule has 0 unspecified atom stereocenters. The summed E-state index contributed by atoms with van der Waals surface area (Å²) in [5.41, 5.74) is 1.87. The smallest absolute Gasteiger partial charge is 0.224 e. The van der Waals surface area contributed by atoms with Crippen LogP contribution in [0.5, 0.6) is 0 Å². The maximum Gasteiger partial charge on any atom is 0.224 e. The molecule has 0 bridgehead atoms. The van der Waals surface area contributed by atoms with Gasteiger partial charge in [0.15, 0.2) is 0 Å². The van der Waals surface area contributed by atoms with E-state index < -0.39 is 0 Å². The van der Waals surface area contributed by atoms with E-state index in [4.69, 9.17) is 4.42 Å². The SMILES string of the molecule is O=C1CCc2cc(F)c(NCc3ccco3)cc2N1. The molecule has 0 aliphatic carbocycles. The summed E-state index contributed by atoms with van der Waals surface area (Å²) in [6.07, 6.45) is 2.56. The first-order valence-electron chi connectivity index (χ1n) is 6.11. The van der Waals surface area contributed by atoms with Crippen molar-refractivity contribution in [3.63, 3.8) is 0 Å². The highest BCUT2D eigenvalue weighted by molar-refractivity contribution is 5.94. The lowest BCUT2D eigenvalue weighted by molar-refractivity contribution is -0.116. The van der Waals surface area contributed by atoms with Gasteiger partial charge in [-0.15, -0.1) is 0 Å². The molecule has 0 atom stereocenters. The number of hydrogen-bond acceptors (Lipinski definition) is 3. The second kappa shape index (κ2) is 4.76. The van der Waals surface area contributed by atoms with E-state index in [1.807, 2.05) is 6.07 Å². The van der Waals surface area contributed by atoms with Gasteiger partial charge in [0, 0.05) is 12.1 Å². The van der Waals surface area contributed by atoms with Gasteiger partial charge in [0.25, 0.3) is 0 Å². The fourth-order valence-corrected chi connectivity index (χ4v) is 2.13. The van der Waals surface area contributed by atoms with E-state index in [2.05, 4.69) is 10.6 Å². The number of furan rings is 1. The number of carbonyl (C=O) groups is 1. The Morgan fingerprint density at radius 1 is 1.37 bits per heavy atom. The van der Waals surface area contributed by atoms with Crippen molar-refractivity contribution in [2.75, 3.05) is 10.6 Å². The zero-order valence-electron chi connectivity index (χ0n) is 10.2. The van der Waals surface area contributed by atoms with Gasteiger partial charge in [-0.25, -0.2) is 4.39 Å². The predicted octanol–water partition coefficient (Wildman–Crippen LogP) is 2.92. The van der Waals surface area contributed by atoms with Gasteiger partial charge in [0.05, 0.1) is 18.5 Å². The van der Waals surface area contributed by atoms with Gasteiger partial charge >= 0.3 is 0 Å². The second-order valence-corrected chi connectivity index (χ2v) is 4.47. The largest absolute Gasteiger partial charge is 0.467 e. The fourth-order valence-electron chi connectivity index (χ4n) is 2.13. The van der Waals surface area contributed by atoms with Crippen molar-refractivity contribution >= 4 is 17.3 Å². The molecule has 5 heteroatoms. The Hall–Kier alpha value is -2.30. The molecule has 1 amide bonds. The third kappa shape index (κ3) is 2.45. The fraction of sp³-hybridized carbons (Fsp3) is 0.214. The summed E-state index contributed by atoms with van der Waals surface area (Å²) in [5, 5.41) is 5.71. The molecule has 1 aliphatic heterocycles. The molecule has 3 rings (SSSR count). The third-order valence-electron chi connectivity index (χ3n) is 3.12. The van der Waals surface area contributed by atoms with Crippen molar-refractivity contribution in [1.29, 1.82) is 0 Å². The lowest BCUT2D eigenvalue weighted by Gasteiger charge is -2.18. The molecular weight excluding hydrogens is 247 g/mol. The van der Waals surface area contributed by atoms with Gasteiger partial charge < -0.3 is 15.1 Å². The molecule has 1 aliphatic rings. The van der Waals surface area contributed by atoms with Crippen LogP contribution >= 0.6 is 0 Å². The van der Waals surface area contributed by atoms with E-state index in [0.29, 0.717) is 30.8 Å². The van der Waals surface area contributed by atoms with Gasteiger partial charge in [-0.3, -0.25) is 4.79 Å². The molecule has 0 saturated heterocycles. The van der Waals surface area contributed by atoms with Crippen molar-refractivity contribution < 1.29 is 13.6 Å². The number of hydrogen-bond donors (Lipinski definition) is 2. The van der Waals surface area contributed by atoms with Gasteiger partial charge in [-0.1, -0.05) is 0 Å². The number of fused-ring (bicyclic) bond motifs is 1. The molecule has 2 N–H and O–H groups in total. The number of halogens is 1. The van der Waals surface area contributed by atoms with Crippen LogP contribution in [0.2, 0.25) is 0 Å². The van der Waals surface area contributed by atoms with Crippen molar-refractivity contribution in [3.05, 3.63) is 47.7 Å². The minimum Gasteiger partial charge on any atom is -0.467 e. The van der Waals surface area contributed by atoms with E-state index in [9.17, 15) is 9.18 Å². The van der Waals surface area contributed by atoms with Crippen LogP contribution in [0.4, 0.5) is 15.8 Å². The van der Waals surface area contributed by atoms with Crippen LogP contribution in [0, 0.1) is 5.82 Å². The minimum absolute atomic E-state index is 0.0314. The summed E-state index contributed by atoms with van der Waals surface area (Å²) in [6.45, 7) is 0.399. The number of nitrogens with one attached hydrogen (secondary N) is 2. The van der Waals surface area contributed by atoms with Gasteiger partial charge in [0.1, 0.15) is 11.6 Å². The van der Waals surface area contributed by atoms with E-state index in [0.717, 1.165) is 11.3 Å². The van der Waals surface area contributed by atoms with Crippen LogP contribution in [-0.4, -0.2) is 5.91 Å². The molecule has 0 saturated carbocycles. The Balaban J connectivity index is 1.81. The maximum absolute atomic E-state index is 13.9. The monoisotopic (exact) mass is 260 g/mol. The van der Waals surface area contributed by atoms with E-state index in [1.165, 1.54) is 6.07 Å². The average molecular weight is 260 g/mol.